The highest BCUT2D eigenvalue weighted by molar-refractivity contribution is 6.00. The highest BCUT2D eigenvalue weighted by atomic mass is 19.1. The SMILES string of the molecule is NC(=O)c1ccccc1C[CH]C(=O)Nc1ccc2c(c1)c(CN1CCCC1)cn2Cc1ccc(F)cc1. The molecule has 1 aliphatic heterocycles. The van der Waals surface area contributed by atoms with Gasteiger partial charge in [-0.05, 0) is 85.4 Å². The summed E-state index contributed by atoms with van der Waals surface area (Å²) in [5.74, 6) is -0.998. The minimum Gasteiger partial charge on any atom is -0.366 e. The molecule has 2 amide bonds. The molecule has 1 aromatic heterocycles. The number of carbonyl (C=O) groups is 2. The fourth-order valence-corrected chi connectivity index (χ4v) is 5.01. The van der Waals surface area contributed by atoms with Crippen LogP contribution in [0.4, 0.5) is 10.1 Å². The number of aromatic nitrogens is 1. The van der Waals surface area contributed by atoms with E-state index in [-0.39, 0.29) is 11.7 Å². The van der Waals surface area contributed by atoms with Crippen molar-refractivity contribution in [2.24, 2.45) is 5.73 Å². The van der Waals surface area contributed by atoms with Crippen LogP contribution in [-0.2, 0) is 24.3 Å². The van der Waals surface area contributed by atoms with Crippen LogP contribution in [0.1, 0.15) is 39.9 Å². The number of nitrogens with two attached hydrogens (primary N) is 1. The molecule has 0 atom stereocenters. The van der Waals surface area contributed by atoms with Crippen LogP contribution in [0.15, 0.2) is 72.9 Å². The van der Waals surface area contributed by atoms with E-state index < -0.39 is 5.91 Å². The lowest BCUT2D eigenvalue weighted by atomic mass is 10.0. The molecule has 0 spiro atoms. The molecule has 0 bridgehead atoms. The summed E-state index contributed by atoms with van der Waals surface area (Å²) >= 11 is 0. The maximum atomic E-state index is 13.4. The zero-order valence-corrected chi connectivity index (χ0v) is 20.6. The van der Waals surface area contributed by atoms with E-state index in [1.54, 1.807) is 18.2 Å². The highest BCUT2D eigenvalue weighted by Crippen LogP contribution is 2.28. The third-order valence-electron chi connectivity index (χ3n) is 6.88. The zero-order valence-electron chi connectivity index (χ0n) is 20.6. The van der Waals surface area contributed by atoms with Gasteiger partial charge >= 0.3 is 0 Å². The standard InChI is InChI=1S/C30H30FN4O2/c31-24-10-7-21(8-11-24)18-35-20-23(19-34-15-3-4-16-34)27-17-25(12-13-28(27)35)33-29(36)14-9-22-5-1-2-6-26(22)30(32)37/h1-2,5-8,10-14,17,20H,3-4,9,15-16,18-19H2,(H2,32,37)(H,33,36). The molecular weight excluding hydrogens is 467 g/mol. The van der Waals surface area contributed by atoms with E-state index in [4.69, 9.17) is 5.73 Å². The number of carbonyl (C=O) groups excluding carboxylic acids is 2. The Balaban J connectivity index is 1.35. The predicted octanol–water partition coefficient (Wildman–Crippen LogP) is 4.91. The van der Waals surface area contributed by atoms with E-state index in [1.165, 1.54) is 37.0 Å². The molecule has 2 heterocycles. The van der Waals surface area contributed by atoms with Gasteiger partial charge < -0.3 is 15.6 Å². The summed E-state index contributed by atoms with van der Waals surface area (Å²) in [5.41, 5.74) is 10.6. The molecule has 0 aliphatic carbocycles. The van der Waals surface area contributed by atoms with Crippen LogP contribution in [0.5, 0.6) is 0 Å². The van der Waals surface area contributed by atoms with Crippen molar-refractivity contribution in [1.29, 1.82) is 0 Å². The lowest BCUT2D eigenvalue weighted by molar-refractivity contribution is -0.113. The van der Waals surface area contributed by atoms with Crippen molar-refractivity contribution in [1.82, 2.24) is 9.47 Å². The van der Waals surface area contributed by atoms with Crippen LogP contribution in [0.25, 0.3) is 10.9 Å². The van der Waals surface area contributed by atoms with Crippen LogP contribution in [-0.4, -0.2) is 34.4 Å². The van der Waals surface area contributed by atoms with Crippen molar-refractivity contribution >= 4 is 28.4 Å². The van der Waals surface area contributed by atoms with E-state index in [9.17, 15) is 14.0 Å². The van der Waals surface area contributed by atoms with Crippen molar-refractivity contribution in [2.45, 2.75) is 32.4 Å². The van der Waals surface area contributed by atoms with Gasteiger partial charge in [-0.3, -0.25) is 14.5 Å². The average molecular weight is 498 g/mol. The Morgan fingerprint density at radius 1 is 0.946 bits per heavy atom. The second kappa shape index (κ2) is 11.0. The number of rotatable bonds is 9. The number of halogens is 1. The number of likely N-dealkylation sites (tertiary alicyclic amines) is 1. The van der Waals surface area contributed by atoms with Gasteiger partial charge in [-0.25, -0.2) is 4.39 Å². The van der Waals surface area contributed by atoms with Crippen molar-refractivity contribution in [3.63, 3.8) is 0 Å². The molecule has 1 aliphatic rings. The van der Waals surface area contributed by atoms with Gasteiger partial charge in [0.2, 0.25) is 11.8 Å². The van der Waals surface area contributed by atoms with Gasteiger partial charge in [-0.2, -0.15) is 0 Å². The molecule has 1 radical (unpaired) electrons. The molecule has 1 fully saturated rings. The molecule has 7 heteroatoms. The van der Waals surface area contributed by atoms with Crippen molar-refractivity contribution in [3.05, 3.63) is 107 Å². The minimum atomic E-state index is -0.509. The Morgan fingerprint density at radius 2 is 1.70 bits per heavy atom. The molecule has 4 aromatic rings. The molecule has 5 rings (SSSR count). The lowest BCUT2D eigenvalue weighted by Crippen LogP contribution is -2.18. The minimum absolute atomic E-state index is 0.244. The molecule has 1 saturated heterocycles. The van der Waals surface area contributed by atoms with Gasteiger partial charge in [0.05, 0.1) is 6.42 Å². The summed E-state index contributed by atoms with van der Waals surface area (Å²) in [6.45, 7) is 3.65. The largest absolute Gasteiger partial charge is 0.366 e. The maximum Gasteiger partial charge on any atom is 0.248 e. The van der Waals surface area contributed by atoms with Crippen molar-refractivity contribution in [3.8, 4) is 0 Å². The number of nitrogens with zero attached hydrogens (tertiary/aromatic N) is 2. The van der Waals surface area contributed by atoms with E-state index >= 15 is 0 Å². The Labute approximate surface area is 215 Å². The zero-order chi connectivity index (χ0) is 25.8. The molecule has 189 valence electrons. The number of fused-ring (bicyclic) bond motifs is 1. The molecule has 3 aromatic carbocycles. The van der Waals surface area contributed by atoms with Gasteiger partial charge in [-0.15, -0.1) is 0 Å². The monoisotopic (exact) mass is 497 g/mol. The van der Waals surface area contributed by atoms with Crippen molar-refractivity contribution in [2.75, 3.05) is 18.4 Å². The molecule has 6 nitrogen and oxygen atoms in total. The third-order valence-corrected chi connectivity index (χ3v) is 6.88. The normalized spacial score (nSPS) is 13.8. The van der Waals surface area contributed by atoms with E-state index in [2.05, 4.69) is 21.0 Å². The summed E-state index contributed by atoms with van der Waals surface area (Å²) in [7, 11) is 0. The van der Waals surface area contributed by atoms with E-state index in [1.807, 2.05) is 36.4 Å². The number of anilines is 1. The summed E-state index contributed by atoms with van der Waals surface area (Å²) < 4.78 is 15.6. The van der Waals surface area contributed by atoms with Gasteiger partial charge in [0.1, 0.15) is 5.82 Å². The summed E-state index contributed by atoms with van der Waals surface area (Å²) in [5, 5.41) is 4.05. The number of benzene rings is 3. The molecule has 3 N–H and O–H groups in total. The molecular formula is C30H30FN4O2. The van der Waals surface area contributed by atoms with Gasteiger partial charge in [-0.1, -0.05) is 30.3 Å². The Bertz CT molecular complexity index is 1420. The van der Waals surface area contributed by atoms with Crippen LogP contribution >= 0.6 is 0 Å². The van der Waals surface area contributed by atoms with E-state index in [0.29, 0.717) is 29.8 Å². The summed E-state index contributed by atoms with van der Waals surface area (Å²) in [4.78, 5) is 26.8. The summed E-state index contributed by atoms with van der Waals surface area (Å²) in [6, 6.07) is 19.5. The smallest absolute Gasteiger partial charge is 0.248 e. The lowest BCUT2D eigenvalue weighted by Gasteiger charge is -2.13. The fraction of sp³-hybridized carbons (Fsp3) is 0.233. The Morgan fingerprint density at radius 3 is 2.46 bits per heavy atom. The number of primary amides is 1. The number of amides is 2. The van der Waals surface area contributed by atoms with Crippen LogP contribution in [0.3, 0.4) is 0 Å². The first kappa shape index (κ1) is 24.7. The third kappa shape index (κ3) is 5.89. The number of hydrogen-bond donors (Lipinski definition) is 2. The highest BCUT2D eigenvalue weighted by Gasteiger charge is 2.17. The molecule has 37 heavy (non-hydrogen) atoms. The molecule has 0 saturated carbocycles. The van der Waals surface area contributed by atoms with E-state index in [0.717, 1.165) is 36.1 Å². The van der Waals surface area contributed by atoms with Crippen LogP contribution in [0.2, 0.25) is 0 Å². The van der Waals surface area contributed by atoms with Gasteiger partial charge in [0.25, 0.3) is 0 Å². The fourth-order valence-electron chi connectivity index (χ4n) is 5.01. The predicted molar refractivity (Wildman–Crippen MR) is 144 cm³/mol. The quantitative estimate of drug-likeness (QED) is 0.345. The second-order valence-corrected chi connectivity index (χ2v) is 9.54. The van der Waals surface area contributed by atoms with Gasteiger partial charge in [0.15, 0.2) is 0 Å². The number of hydrogen-bond acceptors (Lipinski definition) is 3. The average Bonchev–Trinajstić information content (AvgIpc) is 3.52. The first-order valence-electron chi connectivity index (χ1n) is 12.6. The first-order valence-corrected chi connectivity index (χ1v) is 12.6. The molecule has 0 unspecified atom stereocenters. The topological polar surface area (TPSA) is 80.4 Å². The number of nitrogens with one attached hydrogen (secondary N) is 1. The van der Waals surface area contributed by atoms with Crippen LogP contribution in [0, 0.1) is 12.2 Å². The second-order valence-electron chi connectivity index (χ2n) is 9.54. The van der Waals surface area contributed by atoms with Crippen molar-refractivity contribution < 1.29 is 14.0 Å². The Kier molecular flexibility index (Phi) is 7.32. The first-order chi connectivity index (χ1) is 18.0. The Hall–Kier alpha value is -3.97. The summed E-state index contributed by atoms with van der Waals surface area (Å²) in [6.07, 6.45) is 6.43. The van der Waals surface area contributed by atoms with Crippen LogP contribution < -0.4 is 11.1 Å². The van der Waals surface area contributed by atoms with Gasteiger partial charge in [0, 0.05) is 41.4 Å². The maximum absolute atomic E-state index is 13.4.